The Morgan fingerprint density at radius 2 is 1.55 bits per heavy atom. The van der Waals surface area contributed by atoms with Crippen LogP contribution in [0.3, 0.4) is 0 Å². The number of carbonyl (C=O) groups is 3. The first-order valence-electron chi connectivity index (χ1n) is 13.6. The van der Waals surface area contributed by atoms with Crippen LogP contribution in [0, 0.1) is 0 Å². The normalized spacial score (nSPS) is 13.4. The zero-order valence-corrected chi connectivity index (χ0v) is 23.0. The number of rotatable bonds is 11. The summed E-state index contributed by atoms with van der Waals surface area (Å²) < 4.78 is 11.6. The van der Waals surface area contributed by atoms with Gasteiger partial charge in [0, 0.05) is 12.1 Å². The van der Waals surface area contributed by atoms with Gasteiger partial charge >= 0.3 is 12.1 Å². The molecule has 9 nitrogen and oxygen atoms in total. The Hall–Kier alpha value is -5.02. The van der Waals surface area contributed by atoms with Crippen molar-refractivity contribution in [1.82, 2.24) is 15.6 Å². The predicted octanol–water partition coefficient (Wildman–Crippen LogP) is 4.91. The molecular formula is C33H31N3O6. The second kappa shape index (κ2) is 13.1. The first-order valence-corrected chi connectivity index (χ1v) is 13.6. The molecule has 3 N–H and O–H groups in total. The van der Waals surface area contributed by atoms with Crippen LogP contribution in [0.1, 0.15) is 45.6 Å². The number of carbonyl (C=O) groups excluding carboxylic acids is 2. The minimum absolute atomic E-state index is 0.0335. The van der Waals surface area contributed by atoms with Gasteiger partial charge < -0.3 is 25.2 Å². The van der Waals surface area contributed by atoms with Crippen LogP contribution in [0.25, 0.3) is 11.1 Å². The number of ether oxygens (including phenoxy) is 2. The molecule has 42 heavy (non-hydrogen) atoms. The van der Waals surface area contributed by atoms with Gasteiger partial charge in [-0.05, 0) is 46.9 Å². The number of hydrogen-bond donors (Lipinski definition) is 3. The average Bonchev–Trinajstić information content (AvgIpc) is 3.34. The standard InChI is InChI=1S/C33H31N3O6/c1-21(41-19-22-9-3-2-4-10-22)30(31(37)35-18-24-17-23(32(38)39)15-16-34-24)36-33(40)42-20-29-27-13-7-5-11-25(27)26-12-6-8-14-28(26)29/h2-17,21,29-30H,18-20H2,1H3,(H,35,37)(H,36,40)(H,38,39). The molecule has 1 aromatic heterocycles. The highest BCUT2D eigenvalue weighted by molar-refractivity contribution is 5.88. The van der Waals surface area contributed by atoms with Crippen LogP contribution in [0.2, 0.25) is 0 Å². The predicted molar refractivity (Wildman–Crippen MR) is 156 cm³/mol. The van der Waals surface area contributed by atoms with Gasteiger partial charge in [0.25, 0.3) is 0 Å². The summed E-state index contributed by atoms with van der Waals surface area (Å²) in [5.41, 5.74) is 5.72. The number of amides is 2. The molecule has 2 atom stereocenters. The number of benzene rings is 3. The van der Waals surface area contributed by atoms with E-state index in [4.69, 9.17) is 9.47 Å². The quantitative estimate of drug-likeness (QED) is 0.236. The van der Waals surface area contributed by atoms with E-state index in [0.29, 0.717) is 5.69 Å². The van der Waals surface area contributed by atoms with Crippen molar-refractivity contribution in [3.05, 3.63) is 125 Å². The van der Waals surface area contributed by atoms with E-state index in [9.17, 15) is 19.5 Å². The highest BCUT2D eigenvalue weighted by Gasteiger charge is 2.31. The molecule has 0 radical (unpaired) electrons. The summed E-state index contributed by atoms with van der Waals surface area (Å²) in [6.07, 6.45) is -0.106. The summed E-state index contributed by atoms with van der Waals surface area (Å²) in [6, 6.07) is 27.2. The molecule has 214 valence electrons. The molecule has 0 aliphatic heterocycles. The molecule has 2 amide bonds. The van der Waals surface area contributed by atoms with E-state index in [0.717, 1.165) is 27.8 Å². The summed E-state index contributed by atoms with van der Waals surface area (Å²) in [5.74, 6) is -1.75. The highest BCUT2D eigenvalue weighted by Crippen LogP contribution is 2.44. The topological polar surface area (TPSA) is 127 Å². The molecule has 0 spiro atoms. The van der Waals surface area contributed by atoms with Crippen LogP contribution in [-0.4, -0.2) is 46.8 Å². The molecular weight excluding hydrogens is 534 g/mol. The second-order valence-corrected chi connectivity index (χ2v) is 10.0. The van der Waals surface area contributed by atoms with Crippen molar-refractivity contribution in [1.29, 1.82) is 0 Å². The van der Waals surface area contributed by atoms with Crippen molar-refractivity contribution >= 4 is 18.0 Å². The molecule has 0 saturated carbocycles. The van der Waals surface area contributed by atoms with Crippen molar-refractivity contribution in [2.45, 2.75) is 38.1 Å². The van der Waals surface area contributed by atoms with Crippen LogP contribution in [0.4, 0.5) is 4.79 Å². The minimum Gasteiger partial charge on any atom is -0.478 e. The monoisotopic (exact) mass is 565 g/mol. The number of alkyl carbamates (subject to hydrolysis) is 1. The number of nitrogens with zero attached hydrogens (tertiary/aromatic N) is 1. The van der Waals surface area contributed by atoms with E-state index in [1.54, 1.807) is 6.92 Å². The Kier molecular flexibility index (Phi) is 8.89. The zero-order valence-electron chi connectivity index (χ0n) is 23.0. The van der Waals surface area contributed by atoms with Crippen LogP contribution in [0.15, 0.2) is 97.2 Å². The van der Waals surface area contributed by atoms with Gasteiger partial charge in [-0.3, -0.25) is 9.78 Å². The van der Waals surface area contributed by atoms with E-state index >= 15 is 0 Å². The third-order valence-electron chi connectivity index (χ3n) is 7.23. The summed E-state index contributed by atoms with van der Waals surface area (Å²) in [7, 11) is 0. The molecule has 9 heteroatoms. The lowest BCUT2D eigenvalue weighted by Gasteiger charge is -2.25. The van der Waals surface area contributed by atoms with Gasteiger partial charge in [-0.15, -0.1) is 0 Å². The van der Waals surface area contributed by atoms with Gasteiger partial charge in [0.1, 0.15) is 12.6 Å². The molecule has 0 bridgehead atoms. The van der Waals surface area contributed by atoms with E-state index in [1.165, 1.54) is 18.3 Å². The molecule has 1 aliphatic carbocycles. The number of hydrogen-bond acceptors (Lipinski definition) is 6. The number of aromatic carboxylic acids is 1. The van der Waals surface area contributed by atoms with Crippen LogP contribution in [-0.2, 0) is 27.4 Å². The Labute approximate surface area is 243 Å². The average molecular weight is 566 g/mol. The number of carboxylic acids is 1. The largest absolute Gasteiger partial charge is 0.478 e. The second-order valence-electron chi connectivity index (χ2n) is 10.0. The third-order valence-corrected chi connectivity index (χ3v) is 7.23. The Balaban J connectivity index is 1.26. The van der Waals surface area contributed by atoms with Crippen molar-refractivity contribution in [3.8, 4) is 11.1 Å². The Bertz CT molecular complexity index is 1530. The van der Waals surface area contributed by atoms with Crippen LogP contribution in [0.5, 0.6) is 0 Å². The Morgan fingerprint density at radius 1 is 0.905 bits per heavy atom. The van der Waals surface area contributed by atoms with Crippen molar-refractivity contribution in [3.63, 3.8) is 0 Å². The van der Waals surface area contributed by atoms with Gasteiger partial charge in [-0.2, -0.15) is 0 Å². The van der Waals surface area contributed by atoms with Crippen molar-refractivity contribution < 1.29 is 29.0 Å². The lowest BCUT2D eigenvalue weighted by Crippen LogP contribution is -2.53. The Morgan fingerprint density at radius 3 is 2.21 bits per heavy atom. The lowest BCUT2D eigenvalue weighted by atomic mass is 9.98. The molecule has 5 rings (SSSR count). The molecule has 1 aliphatic rings. The fraction of sp³-hybridized carbons (Fsp3) is 0.212. The molecule has 2 unspecified atom stereocenters. The van der Waals surface area contributed by atoms with E-state index < -0.39 is 30.1 Å². The SMILES string of the molecule is CC(OCc1ccccc1)C(NC(=O)OCC1c2ccccc2-c2ccccc21)C(=O)NCc1cc(C(=O)O)ccn1. The highest BCUT2D eigenvalue weighted by atomic mass is 16.5. The third kappa shape index (κ3) is 6.64. The molecule has 3 aromatic carbocycles. The number of pyridine rings is 1. The zero-order chi connectivity index (χ0) is 29.5. The van der Waals surface area contributed by atoms with Gasteiger partial charge in [-0.25, -0.2) is 9.59 Å². The minimum atomic E-state index is -1.09. The summed E-state index contributed by atoms with van der Waals surface area (Å²) >= 11 is 0. The maximum atomic E-state index is 13.3. The van der Waals surface area contributed by atoms with E-state index in [2.05, 4.69) is 27.8 Å². The number of fused-ring (bicyclic) bond motifs is 3. The van der Waals surface area contributed by atoms with Gasteiger partial charge in [0.2, 0.25) is 5.91 Å². The van der Waals surface area contributed by atoms with Crippen LogP contribution >= 0.6 is 0 Å². The maximum Gasteiger partial charge on any atom is 0.407 e. The smallest absolute Gasteiger partial charge is 0.407 e. The fourth-order valence-corrected chi connectivity index (χ4v) is 5.06. The van der Waals surface area contributed by atoms with Crippen LogP contribution < -0.4 is 10.6 Å². The summed E-state index contributed by atoms with van der Waals surface area (Å²) in [5, 5.41) is 14.7. The lowest BCUT2D eigenvalue weighted by molar-refractivity contribution is -0.127. The molecule has 1 heterocycles. The molecule has 0 fully saturated rings. The number of nitrogens with one attached hydrogen (secondary N) is 2. The van der Waals surface area contributed by atoms with Crippen molar-refractivity contribution in [2.75, 3.05) is 6.61 Å². The first kappa shape index (κ1) is 28.5. The van der Waals surface area contributed by atoms with E-state index in [-0.39, 0.29) is 31.2 Å². The molecule has 4 aromatic rings. The van der Waals surface area contributed by atoms with E-state index in [1.807, 2.05) is 66.7 Å². The van der Waals surface area contributed by atoms with Crippen molar-refractivity contribution in [2.24, 2.45) is 0 Å². The summed E-state index contributed by atoms with van der Waals surface area (Å²) in [4.78, 5) is 41.8. The number of carboxylic acid groups (broad SMARTS) is 1. The maximum absolute atomic E-state index is 13.3. The van der Waals surface area contributed by atoms with Gasteiger partial charge in [-0.1, -0.05) is 78.9 Å². The number of aromatic nitrogens is 1. The first-order chi connectivity index (χ1) is 20.4. The van der Waals surface area contributed by atoms with Gasteiger partial charge in [0.05, 0.1) is 30.5 Å². The fourth-order valence-electron chi connectivity index (χ4n) is 5.06. The summed E-state index contributed by atoms with van der Waals surface area (Å²) in [6.45, 7) is 1.99. The van der Waals surface area contributed by atoms with Gasteiger partial charge in [0.15, 0.2) is 0 Å². The molecule has 0 saturated heterocycles.